The molecule has 2 nitrogen and oxygen atoms in total. The van der Waals surface area contributed by atoms with Crippen molar-refractivity contribution >= 4 is 16.6 Å². The number of H-pyrrole nitrogens is 1. The average molecular weight is 190 g/mol. The maximum Gasteiger partial charge on any atom is 0.133 e. The maximum atomic E-state index is 13.6. The quantitative estimate of drug-likeness (QED) is 0.667. The van der Waals surface area contributed by atoms with Crippen LogP contribution in [0, 0.1) is 5.82 Å². The maximum absolute atomic E-state index is 13.6. The second-order valence-corrected chi connectivity index (χ2v) is 3.90. The molecule has 14 heavy (non-hydrogen) atoms. The molecule has 0 saturated heterocycles. The second kappa shape index (κ2) is 2.50. The fourth-order valence-corrected chi connectivity index (χ4v) is 1.97. The monoisotopic (exact) mass is 190 g/mol. The highest BCUT2D eigenvalue weighted by atomic mass is 19.1. The van der Waals surface area contributed by atoms with Gasteiger partial charge in [0.1, 0.15) is 5.82 Å². The molecule has 1 heterocycles. The SMILES string of the molecule is Nc1ccc(F)c2c(C3CC3)c[nH]c12. The predicted octanol–water partition coefficient (Wildman–Crippen LogP) is 2.77. The first-order valence-corrected chi connectivity index (χ1v) is 4.82. The number of aromatic amines is 1. The first-order chi connectivity index (χ1) is 6.77. The molecule has 3 heteroatoms. The molecule has 0 radical (unpaired) electrons. The van der Waals surface area contributed by atoms with Gasteiger partial charge in [0, 0.05) is 11.6 Å². The number of nitrogens with one attached hydrogen (secondary N) is 1. The predicted molar refractivity (Wildman–Crippen MR) is 54.6 cm³/mol. The Labute approximate surface area is 80.9 Å². The van der Waals surface area contributed by atoms with Crippen LogP contribution in [0.5, 0.6) is 0 Å². The minimum Gasteiger partial charge on any atom is -0.397 e. The number of anilines is 1. The van der Waals surface area contributed by atoms with E-state index in [0.717, 1.165) is 11.1 Å². The second-order valence-electron chi connectivity index (χ2n) is 3.90. The van der Waals surface area contributed by atoms with Gasteiger partial charge in [0.15, 0.2) is 0 Å². The molecule has 1 saturated carbocycles. The van der Waals surface area contributed by atoms with Gasteiger partial charge in [-0.25, -0.2) is 4.39 Å². The highest BCUT2D eigenvalue weighted by Crippen LogP contribution is 2.44. The van der Waals surface area contributed by atoms with Crippen LogP contribution in [-0.2, 0) is 0 Å². The van der Waals surface area contributed by atoms with Crippen LogP contribution < -0.4 is 5.73 Å². The number of nitrogens with two attached hydrogens (primary N) is 1. The van der Waals surface area contributed by atoms with Gasteiger partial charge in [-0.2, -0.15) is 0 Å². The van der Waals surface area contributed by atoms with Crippen molar-refractivity contribution in [2.45, 2.75) is 18.8 Å². The normalized spacial score (nSPS) is 16.4. The molecule has 3 N–H and O–H groups in total. The Morgan fingerprint density at radius 1 is 1.36 bits per heavy atom. The molecule has 72 valence electrons. The van der Waals surface area contributed by atoms with Crippen LogP contribution in [0.4, 0.5) is 10.1 Å². The van der Waals surface area contributed by atoms with Gasteiger partial charge >= 0.3 is 0 Å². The van der Waals surface area contributed by atoms with Gasteiger partial charge in [-0.1, -0.05) is 0 Å². The summed E-state index contributed by atoms with van der Waals surface area (Å²) in [5, 5.41) is 0.688. The van der Waals surface area contributed by atoms with Crippen molar-refractivity contribution in [2.24, 2.45) is 0 Å². The number of nitrogen functional groups attached to an aromatic ring is 1. The van der Waals surface area contributed by atoms with Crippen LogP contribution in [0.3, 0.4) is 0 Å². The Hall–Kier alpha value is -1.51. The van der Waals surface area contributed by atoms with Crippen LogP contribution in [0.15, 0.2) is 18.3 Å². The molecule has 1 aromatic heterocycles. The molecule has 0 unspecified atom stereocenters. The Morgan fingerprint density at radius 2 is 2.14 bits per heavy atom. The van der Waals surface area contributed by atoms with Crippen molar-refractivity contribution in [1.82, 2.24) is 4.98 Å². The van der Waals surface area contributed by atoms with Crippen molar-refractivity contribution in [3.63, 3.8) is 0 Å². The fraction of sp³-hybridized carbons (Fsp3) is 0.273. The molecule has 0 atom stereocenters. The zero-order valence-corrected chi connectivity index (χ0v) is 7.68. The number of rotatable bonds is 1. The number of fused-ring (bicyclic) bond motifs is 1. The summed E-state index contributed by atoms with van der Waals surface area (Å²) in [6.07, 6.45) is 4.23. The number of hydrogen-bond acceptors (Lipinski definition) is 1. The van der Waals surface area contributed by atoms with Crippen LogP contribution in [-0.4, -0.2) is 4.98 Å². The van der Waals surface area contributed by atoms with E-state index in [-0.39, 0.29) is 5.82 Å². The van der Waals surface area contributed by atoms with Crippen LogP contribution in [0.2, 0.25) is 0 Å². The third-order valence-corrected chi connectivity index (χ3v) is 2.86. The van der Waals surface area contributed by atoms with Gasteiger partial charge < -0.3 is 10.7 Å². The molecule has 0 bridgehead atoms. The smallest absolute Gasteiger partial charge is 0.133 e. The Bertz CT molecular complexity index is 497. The van der Waals surface area contributed by atoms with E-state index in [9.17, 15) is 4.39 Å². The minimum absolute atomic E-state index is 0.169. The molecule has 1 aliphatic carbocycles. The molecule has 0 amide bonds. The van der Waals surface area contributed by atoms with Crippen LogP contribution in [0.1, 0.15) is 24.3 Å². The summed E-state index contributed by atoms with van der Waals surface area (Å²) in [6, 6.07) is 3.04. The lowest BCUT2D eigenvalue weighted by Crippen LogP contribution is -1.88. The molecular formula is C11H11FN2. The van der Waals surface area contributed by atoms with E-state index in [1.807, 2.05) is 6.20 Å². The first kappa shape index (κ1) is 7.85. The Morgan fingerprint density at radius 3 is 2.86 bits per heavy atom. The zero-order valence-electron chi connectivity index (χ0n) is 7.68. The van der Waals surface area contributed by atoms with Crippen molar-refractivity contribution in [3.8, 4) is 0 Å². The van der Waals surface area contributed by atoms with E-state index < -0.39 is 0 Å². The number of halogens is 1. The standard InChI is InChI=1S/C11H11FN2/c12-8-3-4-9(13)11-10(8)7(5-14-11)6-1-2-6/h3-6,14H,1-2,13H2. The molecule has 0 aliphatic heterocycles. The number of benzene rings is 1. The van der Waals surface area contributed by atoms with E-state index in [1.165, 1.54) is 18.9 Å². The number of aromatic nitrogens is 1. The van der Waals surface area contributed by atoms with E-state index >= 15 is 0 Å². The lowest BCUT2D eigenvalue weighted by molar-refractivity contribution is 0.639. The molecule has 3 rings (SSSR count). The lowest BCUT2D eigenvalue weighted by atomic mass is 10.1. The highest BCUT2D eigenvalue weighted by Gasteiger charge is 2.27. The molecular weight excluding hydrogens is 179 g/mol. The Balaban J connectivity index is 2.37. The molecule has 1 aromatic carbocycles. The largest absolute Gasteiger partial charge is 0.397 e. The third kappa shape index (κ3) is 0.953. The van der Waals surface area contributed by atoms with Gasteiger partial charge in [-0.3, -0.25) is 0 Å². The van der Waals surface area contributed by atoms with Crippen LogP contribution >= 0.6 is 0 Å². The minimum atomic E-state index is -0.169. The summed E-state index contributed by atoms with van der Waals surface area (Å²) in [5.41, 5.74) is 8.21. The highest BCUT2D eigenvalue weighted by molar-refractivity contribution is 5.93. The molecule has 1 fully saturated rings. The first-order valence-electron chi connectivity index (χ1n) is 4.82. The summed E-state index contributed by atoms with van der Waals surface area (Å²) in [4.78, 5) is 3.05. The summed E-state index contributed by atoms with van der Waals surface area (Å²) in [5.74, 6) is 0.373. The van der Waals surface area contributed by atoms with Gasteiger partial charge in [0.2, 0.25) is 0 Å². The Kier molecular flexibility index (Phi) is 1.40. The molecule has 0 spiro atoms. The topological polar surface area (TPSA) is 41.8 Å². The van der Waals surface area contributed by atoms with Gasteiger partial charge in [-0.15, -0.1) is 0 Å². The summed E-state index contributed by atoms with van der Waals surface area (Å²) in [7, 11) is 0. The van der Waals surface area contributed by atoms with Crippen molar-refractivity contribution in [1.29, 1.82) is 0 Å². The van der Waals surface area contributed by atoms with Crippen LogP contribution in [0.25, 0.3) is 10.9 Å². The van der Waals surface area contributed by atoms with Crippen molar-refractivity contribution in [3.05, 3.63) is 29.7 Å². The molecule has 2 aromatic rings. The average Bonchev–Trinajstić information content (AvgIpc) is 2.91. The van der Waals surface area contributed by atoms with E-state index in [4.69, 9.17) is 5.73 Å². The molecule has 1 aliphatic rings. The third-order valence-electron chi connectivity index (χ3n) is 2.86. The summed E-state index contributed by atoms with van der Waals surface area (Å²) < 4.78 is 13.6. The van der Waals surface area contributed by atoms with Gasteiger partial charge in [-0.05, 0) is 36.5 Å². The van der Waals surface area contributed by atoms with E-state index in [0.29, 0.717) is 17.0 Å². The number of hydrogen-bond donors (Lipinski definition) is 2. The van der Waals surface area contributed by atoms with Gasteiger partial charge in [0.05, 0.1) is 11.2 Å². The summed E-state index contributed by atoms with van der Waals surface area (Å²) in [6.45, 7) is 0. The van der Waals surface area contributed by atoms with E-state index in [2.05, 4.69) is 4.98 Å². The van der Waals surface area contributed by atoms with E-state index in [1.54, 1.807) is 6.07 Å². The van der Waals surface area contributed by atoms with Gasteiger partial charge in [0.25, 0.3) is 0 Å². The fourth-order valence-electron chi connectivity index (χ4n) is 1.97. The van der Waals surface area contributed by atoms with Crippen molar-refractivity contribution in [2.75, 3.05) is 5.73 Å². The van der Waals surface area contributed by atoms with Crippen molar-refractivity contribution < 1.29 is 4.39 Å². The zero-order chi connectivity index (χ0) is 9.71. The summed E-state index contributed by atoms with van der Waals surface area (Å²) >= 11 is 0. The lowest BCUT2D eigenvalue weighted by Gasteiger charge is -1.99.